The van der Waals surface area contributed by atoms with Gasteiger partial charge in [-0.3, -0.25) is 9.59 Å². The standard InChI is InChI=1S/C33H29ClFNO4/c1-40-31-14-7-21(18-33(38)39)17-28(31)25-12-13-30(35)26-15-16-36(20-29(25)26)32(37)19-27(22-5-3-2-4-6-22)23-8-10-24(34)11-9-23/h2-14,17,27H,15-16,18-20H2,1H3,(H,38,39). The molecule has 0 saturated heterocycles. The number of aliphatic carboxylic acids is 1. The van der Waals surface area contributed by atoms with Gasteiger partial charge < -0.3 is 14.7 Å². The van der Waals surface area contributed by atoms with Crippen molar-refractivity contribution in [1.29, 1.82) is 0 Å². The van der Waals surface area contributed by atoms with Crippen LogP contribution in [0.5, 0.6) is 5.75 Å². The van der Waals surface area contributed by atoms with Gasteiger partial charge in [-0.15, -0.1) is 0 Å². The number of nitrogens with zero attached hydrogens (tertiary/aromatic N) is 1. The van der Waals surface area contributed by atoms with Crippen LogP contribution in [0.4, 0.5) is 4.39 Å². The lowest BCUT2D eigenvalue weighted by Crippen LogP contribution is -2.37. The van der Waals surface area contributed by atoms with Gasteiger partial charge in [0, 0.05) is 36.0 Å². The molecule has 1 N–H and O–H groups in total. The summed E-state index contributed by atoms with van der Waals surface area (Å²) < 4.78 is 20.6. The average molecular weight is 558 g/mol. The maximum atomic E-state index is 15.0. The number of rotatable bonds is 8. The summed E-state index contributed by atoms with van der Waals surface area (Å²) in [6.07, 6.45) is 0.494. The molecule has 5 rings (SSSR count). The zero-order chi connectivity index (χ0) is 28.2. The molecule has 5 nitrogen and oxygen atoms in total. The molecule has 0 bridgehead atoms. The Balaban J connectivity index is 1.48. The van der Waals surface area contributed by atoms with Gasteiger partial charge in [0.05, 0.1) is 13.5 Å². The summed E-state index contributed by atoms with van der Waals surface area (Å²) in [4.78, 5) is 26.9. The molecule has 1 heterocycles. The van der Waals surface area contributed by atoms with Crippen molar-refractivity contribution < 1.29 is 23.8 Å². The summed E-state index contributed by atoms with van der Waals surface area (Å²) in [5.74, 6) is -0.890. The largest absolute Gasteiger partial charge is 0.496 e. The number of methoxy groups -OCH3 is 1. The first-order valence-corrected chi connectivity index (χ1v) is 13.5. The molecule has 4 aromatic carbocycles. The van der Waals surface area contributed by atoms with Crippen molar-refractivity contribution >= 4 is 23.5 Å². The Morgan fingerprint density at radius 1 is 0.950 bits per heavy atom. The molecule has 204 valence electrons. The lowest BCUT2D eigenvalue weighted by atomic mass is 9.87. The molecule has 1 aliphatic rings. The lowest BCUT2D eigenvalue weighted by Gasteiger charge is -2.32. The molecule has 0 radical (unpaired) electrons. The number of hydrogen-bond acceptors (Lipinski definition) is 3. The highest BCUT2D eigenvalue weighted by Gasteiger charge is 2.29. The number of carbonyl (C=O) groups is 2. The summed E-state index contributed by atoms with van der Waals surface area (Å²) in [5.41, 5.74) is 5.33. The number of carboxylic acids is 1. The van der Waals surface area contributed by atoms with Crippen LogP contribution in [-0.4, -0.2) is 35.5 Å². The number of carboxylic acid groups (broad SMARTS) is 1. The Labute approximate surface area is 237 Å². The van der Waals surface area contributed by atoms with Gasteiger partial charge in [-0.05, 0) is 70.1 Å². The highest BCUT2D eigenvalue weighted by Crippen LogP contribution is 2.38. The molecule has 0 spiro atoms. The van der Waals surface area contributed by atoms with E-state index in [1.165, 1.54) is 6.07 Å². The van der Waals surface area contributed by atoms with E-state index in [0.717, 1.165) is 16.7 Å². The molecule has 1 amide bonds. The van der Waals surface area contributed by atoms with Crippen molar-refractivity contribution in [3.05, 3.63) is 124 Å². The zero-order valence-corrected chi connectivity index (χ0v) is 22.8. The van der Waals surface area contributed by atoms with E-state index in [0.29, 0.717) is 46.0 Å². The molecular formula is C33H29ClFNO4. The van der Waals surface area contributed by atoms with Gasteiger partial charge in [0.1, 0.15) is 11.6 Å². The van der Waals surface area contributed by atoms with E-state index in [1.54, 1.807) is 36.3 Å². The van der Waals surface area contributed by atoms with Crippen LogP contribution in [0.25, 0.3) is 11.1 Å². The minimum absolute atomic E-state index is 0.0312. The van der Waals surface area contributed by atoms with E-state index in [9.17, 15) is 19.1 Å². The predicted octanol–water partition coefficient (Wildman–Crippen LogP) is 6.89. The van der Waals surface area contributed by atoms with Crippen molar-refractivity contribution in [1.82, 2.24) is 4.90 Å². The van der Waals surface area contributed by atoms with Crippen LogP contribution in [-0.2, 0) is 29.0 Å². The van der Waals surface area contributed by atoms with Crippen LogP contribution in [0.3, 0.4) is 0 Å². The third-order valence-corrected chi connectivity index (χ3v) is 7.72. The molecular weight excluding hydrogens is 529 g/mol. The van der Waals surface area contributed by atoms with Crippen LogP contribution in [0.15, 0.2) is 84.9 Å². The van der Waals surface area contributed by atoms with E-state index in [2.05, 4.69) is 0 Å². The van der Waals surface area contributed by atoms with Crippen LogP contribution in [0.1, 0.15) is 40.2 Å². The number of amides is 1. The van der Waals surface area contributed by atoms with Crippen molar-refractivity contribution in [2.75, 3.05) is 13.7 Å². The summed E-state index contributed by atoms with van der Waals surface area (Å²) in [7, 11) is 1.54. The molecule has 1 atom stereocenters. The van der Waals surface area contributed by atoms with Crippen LogP contribution < -0.4 is 4.74 Å². The van der Waals surface area contributed by atoms with E-state index in [-0.39, 0.29) is 37.0 Å². The summed E-state index contributed by atoms with van der Waals surface area (Å²) >= 11 is 6.13. The summed E-state index contributed by atoms with van der Waals surface area (Å²) in [6, 6.07) is 25.8. The van der Waals surface area contributed by atoms with Gasteiger partial charge in [-0.2, -0.15) is 0 Å². The molecule has 0 aromatic heterocycles. The normalized spacial score (nSPS) is 13.4. The number of halogens is 2. The minimum Gasteiger partial charge on any atom is -0.496 e. The van der Waals surface area contributed by atoms with Gasteiger partial charge in [-0.25, -0.2) is 4.39 Å². The average Bonchev–Trinajstić information content (AvgIpc) is 2.96. The number of benzene rings is 4. The smallest absolute Gasteiger partial charge is 0.307 e. The van der Waals surface area contributed by atoms with Gasteiger partial charge in [-0.1, -0.05) is 66.2 Å². The summed E-state index contributed by atoms with van der Waals surface area (Å²) in [6.45, 7) is 0.653. The third kappa shape index (κ3) is 5.87. The molecule has 1 aliphatic heterocycles. The maximum absolute atomic E-state index is 15.0. The van der Waals surface area contributed by atoms with Gasteiger partial charge >= 0.3 is 5.97 Å². The second kappa shape index (κ2) is 11.9. The van der Waals surface area contributed by atoms with E-state index in [4.69, 9.17) is 16.3 Å². The lowest BCUT2D eigenvalue weighted by molar-refractivity contribution is -0.136. The van der Waals surface area contributed by atoms with Crippen molar-refractivity contribution in [2.45, 2.75) is 31.7 Å². The first-order chi connectivity index (χ1) is 19.3. The fourth-order valence-corrected chi connectivity index (χ4v) is 5.59. The van der Waals surface area contributed by atoms with Crippen molar-refractivity contribution in [3.63, 3.8) is 0 Å². The Bertz CT molecular complexity index is 1540. The molecule has 0 saturated carbocycles. The number of fused-ring (bicyclic) bond motifs is 1. The molecule has 0 fully saturated rings. The van der Waals surface area contributed by atoms with E-state index < -0.39 is 5.97 Å². The fraction of sp³-hybridized carbons (Fsp3) is 0.212. The van der Waals surface area contributed by atoms with Crippen molar-refractivity contribution in [3.8, 4) is 16.9 Å². The Morgan fingerprint density at radius 2 is 1.68 bits per heavy atom. The highest BCUT2D eigenvalue weighted by atomic mass is 35.5. The van der Waals surface area contributed by atoms with E-state index in [1.807, 2.05) is 54.6 Å². The Hall–Kier alpha value is -4.16. The number of hydrogen-bond donors (Lipinski definition) is 1. The number of carbonyl (C=O) groups excluding carboxylic acids is 1. The molecule has 7 heteroatoms. The highest BCUT2D eigenvalue weighted by molar-refractivity contribution is 6.30. The molecule has 1 unspecified atom stereocenters. The van der Waals surface area contributed by atoms with Crippen LogP contribution in [0.2, 0.25) is 5.02 Å². The third-order valence-electron chi connectivity index (χ3n) is 7.47. The molecule has 40 heavy (non-hydrogen) atoms. The van der Waals surface area contributed by atoms with Gasteiger partial charge in [0.25, 0.3) is 0 Å². The molecule has 4 aromatic rings. The SMILES string of the molecule is COc1ccc(CC(=O)O)cc1-c1ccc(F)c2c1CN(C(=O)CC(c1ccccc1)c1ccc(Cl)cc1)CC2. The number of ether oxygens (including phenoxy) is 1. The Kier molecular flexibility index (Phi) is 8.17. The Morgan fingerprint density at radius 3 is 2.38 bits per heavy atom. The zero-order valence-electron chi connectivity index (χ0n) is 22.1. The van der Waals surface area contributed by atoms with E-state index >= 15 is 0 Å². The van der Waals surface area contributed by atoms with Crippen molar-refractivity contribution in [2.24, 2.45) is 0 Å². The van der Waals surface area contributed by atoms with Gasteiger partial charge in [0.15, 0.2) is 0 Å². The second-order valence-corrected chi connectivity index (χ2v) is 10.4. The first kappa shape index (κ1) is 27.4. The van der Waals surface area contributed by atoms with Gasteiger partial charge in [0.2, 0.25) is 5.91 Å². The molecule has 0 aliphatic carbocycles. The first-order valence-electron chi connectivity index (χ1n) is 13.1. The quantitative estimate of drug-likeness (QED) is 0.256. The maximum Gasteiger partial charge on any atom is 0.307 e. The van der Waals surface area contributed by atoms with Crippen LogP contribution >= 0.6 is 11.6 Å². The monoisotopic (exact) mass is 557 g/mol. The topological polar surface area (TPSA) is 66.8 Å². The summed E-state index contributed by atoms with van der Waals surface area (Å²) in [5, 5.41) is 9.93. The van der Waals surface area contributed by atoms with Crippen LogP contribution in [0, 0.1) is 5.82 Å². The fourth-order valence-electron chi connectivity index (χ4n) is 5.46. The predicted molar refractivity (Wildman–Crippen MR) is 153 cm³/mol. The minimum atomic E-state index is -0.942. The second-order valence-electron chi connectivity index (χ2n) is 9.94.